The topological polar surface area (TPSA) is 76.1 Å². The first-order valence-corrected chi connectivity index (χ1v) is 15.6. The summed E-state index contributed by atoms with van der Waals surface area (Å²) in [6, 6.07) is 24.9. The van der Waals surface area contributed by atoms with Gasteiger partial charge in [-0.05, 0) is 86.1 Å². The third-order valence-corrected chi connectivity index (χ3v) is 8.22. The molecular weight excluding hydrogens is 585 g/mol. The summed E-state index contributed by atoms with van der Waals surface area (Å²) in [6.45, 7) is 4.12. The Bertz CT molecular complexity index is 1400. The highest BCUT2D eigenvalue weighted by atomic mass is 35.5. The molecule has 228 valence electrons. The van der Waals surface area contributed by atoms with E-state index in [1.807, 2.05) is 30.3 Å². The number of hydrogen-bond acceptors (Lipinski definition) is 7. The summed E-state index contributed by atoms with van der Waals surface area (Å²) in [5.74, 6) is 0.548. The van der Waals surface area contributed by atoms with E-state index in [1.165, 1.54) is 0 Å². The maximum atomic E-state index is 8.80. The van der Waals surface area contributed by atoms with E-state index in [-0.39, 0.29) is 12.5 Å². The Morgan fingerprint density at radius 3 is 2.02 bits per heavy atom. The highest BCUT2D eigenvalue weighted by Crippen LogP contribution is 2.37. The monoisotopic (exact) mass is 623 g/mol. The van der Waals surface area contributed by atoms with Gasteiger partial charge >= 0.3 is 0 Å². The second kappa shape index (κ2) is 15.7. The predicted molar refractivity (Wildman–Crippen MR) is 174 cm³/mol. The van der Waals surface area contributed by atoms with E-state index in [0.29, 0.717) is 55.0 Å². The van der Waals surface area contributed by atoms with Gasteiger partial charge in [-0.25, -0.2) is 4.98 Å². The van der Waals surface area contributed by atoms with Crippen LogP contribution in [-0.2, 0) is 9.47 Å². The number of rotatable bonds is 14. The minimum absolute atomic E-state index is 0.00900. The third-order valence-electron chi connectivity index (χ3n) is 7.71. The van der Waals surface area contributed by atoms with E-state index >= 15 is 0 Å². The van der Waals surface area contributed by atoms with E-state index < -0.39 is 0 Å². The van der Waals surface area contributed by atoms with Crippen molar-refractivity contribution < 1.29 is 19.3 Å². The SMILES string of the molecule is CN1CCC(Nc2cc(OCCOCCOCCO)nc3ccc(C(c4ccc(Cl)cc4)c4ccc(Cl)cc4)cc23)CC1. The fourth-order valence-corrected chi connectivity index (χ4v) is 5.70. The first-order chi connectivity index (χ1) is 21.0. The van der Waals surface area contributed by atoms with Crippen LogP contribution < -0.4 is 10.1 Å². The Balaban J connectivity index is 1.44. The zero-order chi connectivity index (χ0) is 30.0. The summed E-state index contributed by atoms with van der Waals surface area (Å²) in [4.78, 5) is 7.22. The molecule has 43 heavy (non-hydrogen) atoms. The van der Waals surface area contributed by atoms with Gasteiger partial charge in [-0.2, -0.15) is 0 Å². The average molecular weight is 625 g/mol. The van der Waals surface area contributed by atoms with Crippen molar-refractivity contribution >= 4 is 39.8 Å². The lowest BCUT2D eigenvalue weighted by atomic mass is 9.84. The number of hydrogen-bond donors (Lipinski definition) is 2. The van der Waals surface area contributed by atoms with Crippen molar-refractivity contribution in [1.29, 1.82) is 0 Å². The smallest absolute Gasteiger partial charge is 0.215 e. The van der Waals surface area contributed by atoms with Crippen LogP contribution in [0.5, 0.6) is 5.88 Å². The number of anilines is 1. The lowest BCUT2D eigenvalue weighted by molar-refractivity contribution is 0.0243. The number of halogens is 2. The molecule has 0 aliphatic carbocycles. The van der Waals surface area contributed by atoms with Gasteiger partial charge in [-0.1, -0.05) is 53.5 Å². The minimum Gasteiger partial charge on any atom is -0.475 e. The molecule has 0 radical (unpaired) electrons. The van der Waals surface area contributed by atoms with Crippen LogP contribution in [-0.4, -0.2) is 80.8 Å². The summed E-state index contributed by atoms with van der Waals surface area (Å²) >= 11 is 12.5. The van der Waals surface area contributed by atoms with E-state index in [2.05, 4.69) is 59.7 Å². The van der Waals surface area contributed by atoms with Crippen LogP contribution in [0.4, 0.5) is 5.69 Å². The van der Waals surface area contributed by atoms with Gasteiger partial charge in [-0.3, -0.25) is 0 Å². The van der Waals surface area contributed by atoms with Crippen LogP contribution in [0.2, 0.25) is 10.0 Å². The third kappa shape index (κ3) is 8.82. The Kier molecular flexibility index (Phi) is 11.5. The molecule has 0 unspecified atom stereocenters. The fourth-order valence-electron chi connectivity index (χ4n) is 5.44. The van der Waals surface area contributed by atoms with E-state index in [4.69, 9.17) is 47.5 Å². The number of aliphatic hydroxyl groups excluding tert-OH is 1. The van der Waals surface area contributed by atoms with Crippen LogP contribution in [0.25, 0.3) is 10.9 Å². The number of nitrogens with zero attached hydrogens (tertiary/aromatic N) is 2. The molecule has 1 fully saturated rings. The molecule has 2 heterocycles. The largest absolute Gasteiger partial charge is 0.475 e. The quantitative estimate of drug-likeness (QED) is 0.121. The van der Waals surface area contributed by atoms with Crippen molar-refractivity contribution in [2.75, 3.05) is 65.1 Å². The molecule has 1 aliphatic rings. The van der Waals surface area contributed by atoms with Crippen LogP contribution in [0.1, 0.15) is 35.4 Å². The van der Waals surface area contributed by atoms with Crippen molar-refractivity contribution in [3.8, 4) is 5.88 Å². The standard InChI is InChI=1S/C34H39Cl2N3O4/c1-39-14-12-29(13-15-39)37-32-23-33(43-21-20-42-19-18-41-17-16-40)38-31-11-6-26(22-30(31)32)34(24-2-7-27(35)8-3-24)25-4-9-28(36)10-5-25/h2-11,22-23,29,34,40H,12-21H2,1H3,(H,37,38). The summed E-state index contributed by atoms with van der Waals surface area (Å²) < 4.78 is 16.9. The van der Waals surface area contributed by atoms with Gasteiger partial charge in [0.05, 0.1) is 38.6 Å². The van der Waals surface area contributed by atoms with Crippen molar-refractivity contribution in [3.63, 3.8) is 0 Å². The van der Waals surface area contributed by atoms with Crippen LogP contribution in [0, 0.1) is 0 Å². The first kappa shape index (κ1) is 31.5. The second-order valence-corrected chi connectivity index (χ2v) is 11.7. The number of ether oxygens (including phenoxy) is 3. The summed E-state index contributed by atoms with van der Waals surface area (Å²) in [7, 11) is 2.17. The summed E-state index contributed by atoms with van der Waals surface area (Å²) in [5.41, 5.74) is 5.31. The van der Waals surface area contributed by atoms with Crippen LogP contribution in [0.3, 0.4) is 0 Å². The number of piperidine rings is 1. The number of nitrogens with one attached hydrogen (secondary N) is 1. The molecule has 1 aliphatic heterocycles. The molecular formula is C34H39Cl2N3O4. The highest BCUT2D eigenvalue weighted by Gasteiger charge is 2.21. The van der Waals surface area contributed by atoms with Crippen LogP contribution in [0.15, 0.2) is 72.8 Å². The zero-order valence-electron chi connectivity index (χ0n) is 24.5. The molecule has 4 aromatic rings. The van der Waals surface area contributed by atoms with Crippen molar-refractivity contribution in [1.82, 2.24) is 9.88 Å². The van der Waals surface area contributed by atoms with Gasteiger partial charge in [0.2, 0.25) is 5.88 Å². The molecule has 1 saturated heterocycles. The van der Waals surface area contributed by atoms with Crippen molar-refractivity contribution in [2.45, 2.75) is 24.8 Å². The van der Waals surface area contributed by atoms with Crippen molar-refractivity contribution in [2.24, 2.45) is 0 Å². The summed E-state index contributed by atoms with van der Waals surface area (Å²) in [5, 5.41) is 15.1. The fraction of sp³-hybridized carbons (Fsp3) is 0.382. The number of aromatic nitrogens is 1. The molecule has 3 aromatic carbocycles. The van der Waals surface area contributed by atoms with Crippen molar-refractivity contribution in [3.05, 3.63) is 99.5 Å². The van der Waals surface area contributed by atoms with E-state index in [1.54, 1.807) is 0 Å². The normalized spacial score (nSPS) is 14.4. The van der Waals surface area contributed by atoms with Gasteiger partial charge in [0, 0.05) is 39.1 Å². The number of aliphatic hydroxyl groups is 1. The Morgan fingerprint density at radius 1 is 0.814 bits per heavy atom. The maximum Gasteiger partial charge on any atom is 0.215 e. The molecule has 1 aromatic heterocycles. The molecule has 2 N–H and O–H groups in total. The van der Waals surface area contributed by atoms with E-state index in [9.17, 15) is 0 Å². The Hall–Kier alpha value is -2.91. The first-order valence-electron chi connectivity index (χ1n) is 14.8. The van der Waals surface area contributed by atoms with Gasteiger partial charge in [-0.15, -0.1) is 0 Å². The second-order valence-electron chi connectivity index (χ2n) is 10.8. The molecule has 0 saturated carbocycles. The molecule has 0 spiro atoms. The molecule has 7 nitrogen and oxygen atoms in total. The molecule has 0 amide bonds. The van der Waals surface area contributed by atoms with Crippen LogP contribution >= 0.6 is 23.2 Å². The van der Waals surface area contributed by atoms with Gasteiger partial charge < -0.3 is 29.5 Å². The lowest BCUT2D eigenvalue weighted by Gasteiger charge is -2.30. The highest BCUT2D eigenvalue weighted by molar-refractivity contribution is 6.30. The molecule has 5 rings (SSSR count). The zero-order valence-corrected chi connectivity index (χ0v) is 26.0. The average Bonchev–Trinajstić information content (AvgIpc) is 3.02. The van der Waals surface area contributed by atoms with E-state index in [0.717, 1.165) is 59.2 Å². The predicted octanol–water partition coefficient (Wildman–Crippen LogP) is 6.63. The molecule has 0 atom stereocenters. The summed E-state index contributed by atoms with van der Waals surface area (Å²) in [6.07, 6.45) is 2.14. The number of fused-ring (bicyclic) bond motifs is 1. The minimum atomic E-state index is -0.00968. The van der Waals surface area contributed by atoms with Gasteiger partial charge in [0.15, 0.2) is 0 Å². The lowest BCUT2D eigenvalue weighted by Crippen LogP contribution is -2.36. The Labute approximate surface area is 263 Å². The van der Waals surface area contributed by atoms with Gasteiger partial charge in [0.1, 0.15) is 6.61 Å². The Morgan fingerprint density at radius 2 is 1.40 bits per heavy atom. The number of benzene rings is 3. The maximum absolute atomic E-state index is 8.80. The van der Waals surface area contributed by atoms with Gasteiger partial charge in [0.25, 0.3) is 0 Å². The molecule has 9 heteroatoms. The number of pyridine rings is 1. The number of likely N-dealkylation sites (tertiary alicyclic amines) is 1. The molecule has 0 bridgehead atoms.